The molecule has 2 fully saturated rings. The van der Waals surface area contributed by atoms with E-state index in [-0.39, 0.29) is 42.0 Å². The molecule has 2 aliphatic rings. The van der Waals surface area contributed by atoms with Gasteiger partial charge in [0, 0.05) is 56.4 Å². The maximum Gasteiger partial charge on any atom is 0.341 e. The fourth-order valence-electron chi connectivity index (χ4n) is 4.80. The Kier molecular flexibility index (Phi) is 6.33. The maximum atomic E-state index is 15.5. The van der Waals surface area contributed by atoms with E-state index in [9.17, 15) is 24.3 Å². The van der Waals surface area contributed by atoms with E-state index in [1.54, 1.807) is 11.5 Å². The lowest BCUT2D eigenvalue weighted by atomic mass is 9.98. The third-order valence-electron chi connectivity index (χ3n) is 6.54. The summed E-state index contributed by atoms with van der Waals surface area (Å²) in [4.78, 5) is 48.9. The van der Waals surface area contributed by atoms with Crippen LogP contribution >= 0.6 is 0 Å². The summed E-state index contributed by atoms with van der Waals surface area (Å²) in [5.41, 5.74) is 0.275. The molecular weight excluding hydrogens is 447 g/mol. The van der Waals surface area contributed by atoms with Crippen molar-refractivity contribution in [1.82, 2.24) is 4.57 Å². The van der Waals surface area contributed by atoms with Crippen LogP contribution in [-0.2, 0) is 19.1 Å². The van der Waals surface area contributed by atoms with E-state index in [1.807, 2.05) is 4.90 Å². The molecule has 10 heteroatoms. The zero-order valence-electron chi connectivity index (χ0n) is 19.3. The maximum absolute atomic E-state index is 15.5. The van der Waals surface area contributed by atoms with E-state index in [2.05, 4.69) is 0 Å². The van der Waals surface area contributed by atoms with Crippen molar-refractivity contribution < 1.29 is 33.4 Å². The molecule has 1 saturated carbocycles. The van der Waals surface area contributed by atoms with Crippen LogP contribution in [0.4, 0.5) is 10.1 Å². The van der Waals surface area contributed by atoms with Gasteiger partial charge in [-0.15, -0.1) is 0 Å². The summed E-state index contributed by atoms with van der Waals surface area (Å²) in [7, 11) is 0. The number of hydrogen-bond donors (Lipinski definition) is 1. The summed E-state index contributed by atoms with van der Waals surface area (Å²) in [6.45, 7) is 5.29. The van der Waals surface area contributed by atoms with Crippen LogP contribution in [0.2, 0.25) is 0 Å². The zero-order valence-corrected chi connectivity index (χ0v) is 19.3. The molecule has 9 nitrogen and oxygen atoms in total. The molecule has 2 aromatic rings. The smallest absolute Gasteiger partial charge is 0.341 e. The molecular formula is C24H27FN2O7. The number of benzene rings is 1. The van der Waals surface area contributed by atoms with Crippen LogP contribution in [0.15, 0.2) is 17.1 Å². The van der Waals surface area contributed by atoms with Gasteiger partial charge in [-0.25, -0.2) is 9.18 Å². The molecule has 2 heterocycles. The minimum absolute atomic E-state index is 0.0395. The number of aromatic carboxylic acids is 1. The van der Waals surface area contributed by atoms with Crippen molar-refractivity contribution in [3.8, 4) is 0 Å². The summed E-state index contributed by atoms with van der Waals surface area (Å²) in [5.74, 6) is -3.20. The molecule has 34 heavy (non-hydrogen) atoms. The van der Waals surface area contributed by atoms with Gasteiger partial charge in [0.05, 0.1) is 24.4 Å². The molecule has 1 aromatic carbocycles. The van der Waals surface area contributed by atoms with Crippen molar-refractivity contribution in [2.75, 3.05) is 31.2 Å². The third-order valence-corrected chi connectivity index (χ3v) is 6.54. The lowest BCUT2D eigenvalue weighted by molar-refractivity contribution is -0.146. The van der Waals surface area contributed by atoms with Crippen LogP contribution in [0.25, 0.3) is 10.9 Å². The molecule has 2 unspecified atom stereocenters. The van der Waals surface area contributed by atoms with E-state index >= 15 is 4.39 Å². The number of carbonyl (C=O) groups excluding carboxylic acids is 2. The number of anilines is 1. The van der Waals surface area contributed by atoms with Gasteiger partial charge in [0.2, 0.25) is 5.43 Å². The molecule has 182 valence electrons. The first kappa shape index (κ1) is 23.7. The Labute approximate surface area is 195 Å². The predicted molar refractivity (Wildman–Crippen MR) is 121 cm³/mol. The molecule has 0 radical (unpaired) electrons. The summed E-state index contributed by atoms with van der Waals surface area (Å²) in [6.07, 6.45) is 3.06. The lowest BCUT2D eigenvalue weighted by Crippen LogP contribution is -2.25. The highest BCUT2D eigenvalue weighted by Gasteiger charge is 2.37. The van der Waals surface area contributed by atoms with Crippen LogP contribution in [0, 0.1) is 24.6 Å². The van der Waals surface area contributed by atoms with Crippen molar-refractivity contribution in [2.45, 2.75) is 39.7 Å². The SMILES string of the molecule is CC(=O)OCC1CN(c2c(F)cc3c(=O)c(C(=O)O)cn(C4CC4)c3c2C)CC1COC(C)=O. The van der Waals surface area contributed by atoms with Gasteiger partial charge in [-0.2, -0.15) is 0 Å². The zero-order chi connectivity index (χ0) is 24.7. The Balaban J connectivity index is 1.78. The topological polar surface area (TPSA) is 115 Å². The Morgan fingerprint density at radius 1 is 1.09 bits per heavy atom. The van der Waals surface area contributed by atoms with E-state index in [0.717, 1.165) is 18.9 Å². The molecule has 4 rings (SSSR count). The molecule has 1 aliphatic carbocycles. The number of aromatic nitrogens is 1. The highest BCUT2D eigenvalue weighted by Crippen LogP contribution is 2.41. The first-order valence-electron chi connectivity index (χ1n) is 11.2. The highest BCUT2D eigenvalue weighted by atomic mass is 19.1. The Bertz CT molecular complexity index is 1210. The van der Waals surface area contributed by atoms with Crippen molar-refractivity contribution in [3.05, 3.63) is 39.4 Å². The number of fused-ring (bicyclic) bond motifs is 1. The number of pyridine rings is 1. The van der Waals surface area contributed by atoms with E-state index in [0.29, 0.717) is 29.9 Å². The van der Waals surface area contributed by atoms with Gasteiger partial charge in [0.1, 0.15) is 11.4 Å². The Morgan fingerprint density at radius 2 is 1.65 bits per heavy atom. The molecule has 2 atom stereocenters. The molecule has 0 bridgehead atoms. The Hall–Kier alpha value is -3.43. The standard InChI is InChI=1S/C24H27FN2O7/c1-12-21-18(23(30)19(24(31)32)9-27(21)17-4-5-17)6-20(25)22(12)26-7-15(10-33-13(2)28)16(8-26)11-34-14(3)29/h6,9,15-17H,4-5,7-8,10-11H2,1-3H3,(H,31,32). The van der Waals surface area contributed by atoms with Gasteiger partial charge in [-0.05, 0) is 31.4 Å². The third kappa shape index (κ3) is 4.49. The quantitative estimate of drug-likeness (QED) is 0.609. The van der Waals surface area contributed by atoms with Crippen LogP contribution < -0.4 is 10.3 Å². The minimum Gasteiger partial charge on any atom is -0.477 e. The average Bonchev–Trinajstić information content (AvgIpc) is 3.52. The molecule has 1 N–H and O–H groups in total. The van der Waals surface area contributed by atoms with Gasteiger partial charge in [-0.1, -0.05) is 0 Å². The van der Waals surface area contributed by atoms with Crippen LogP contribution in [0.3, 0.4) is 0 Å². The second-order valence-electron chi connectivity index (χ2n) is 9.07. The number of halogens is 1. The van der Waals surface area contributed by atoms with E-state index < -0.39 is 29.2 Å². The molecule has 1 aliphatic heterocycles. The van der Waals surface area contributed by atoms with E-state index in [4.69, 9.17) is 9.47 Å². The van der Waals surface area contributed by atoms with Gasteiger partial charge in [0.25, 0.3) is 0 Å². The number of rotatable bonds is 7. The number of carbonyl (C=O) groups is 3. The average molecular weight is 474 g/mol. The summed E-state index contributed by atoms with van der Waals surface area (Å²) < 4.78 is 27.6. The van der Waals surface area contributed by atoms with Crippen LogP contribution in [0.5, 0.6) is 0 Å². The summed E-state index contributed by atoms with van der Waals surface area (Å²) >= 11 is 0. The normalized spacial score (nSPS) is 19.9. The van der Waals surface area contributed by atoms with Crippen LogP contribution in [-0.4, -0.2) is 53.9 Å². The van der Waals surface area contributed by atoms with Gasteiger partial charge < -0.3 is 24.0 Å². The van der Waals surface area contributed by atoms with E-state index in [1.165, 1.54) is 20.0 Å². The monoisotopic (exact) mass is 474 g/mol. The number of esters is 2. The molecule has 0 spiro atoms. The highest BCUT2D eigenvalue weighted by molar-refractivity contribution is 5.95. The van der Waals surface area contributed by atoms with Crippen LogP contribution in [0.1, 0.15) is 48.7 Å². The summed E-state index contributed by atoms with van der Waals surface area (Å²) in [6, 6.07) is 1.18. The fourth-order valence-corrected chi connectivity index (χ4v) is 4.80. The predicted octanol–water partition coefficient (Wildman–Crippen LogP) is 2.66. The number of nitrogens with zero attached hydrogens (tertiary/aromatic N) is 2. The lowest BCUT2D eigenvalue weighted by Gasteiger charge is -2.24. The van der Waals surface area contributed by atoms with Gasteiger partial charge >= 0.3 is 17.9 Å². The Morgan fingerprint density at radius 3 is 2.12 bits per heavy atom. The number of hydrogen-bond acceptors (Lipinski definition) is 7. The largest absolute Gasteiger partial charge is 0.477 e. The number of carboxylic acid groups (broad SMARTS) is 1. The molecule has 1 saturated heterocycles. The van der Waals surface area contributed by atoms with Crippen molar-refractivity contribution in [1.29, 1.82) is 0 Å². The molecule has 1 aromatic heterocycles. The van der Waals surface area contributed by atoms with Gasteiger partial charge in [-0.3, -0.25) is 14.4 Å². The van der Waals surface area contributed by atoms with Crippen molar-refractivity contribution in [3.63, 3.8) is 0 Å². The minimum atomic E-state index is -1.34. The van der Waals surface area contributed by atoms with Crippen molar-refractivity contribution in [2.24, 2.45) is 11.8 Å². The fraction of sp³-hybridized carbons (Fsp3) is 0.500. The first-order chi connectivity index (χ1) is 16.1. The first-order valence-corrected chi connectivity index (χ1v) is 11.2. The second-order valence-corrected chi connectivity index (χ2v) is 9.07. The number of ether oxygens (including phenoxy) is 2. The van der Waals surface area contributed by atoms with Crippen molar-refractivity contribution >= 4 is 34.5 Å². The number of aryl methyl sites for hydroxylation is 1. The second kappa shape index (κ2) is 9.08. The summed E-state index contributed by atoms with van der Waals surface area (Å²) in [5, 5.41) is 9.51. The number of carboxylic acids is 1. The van der Waals surface area contributed by atoms with Gasteiger partial charge in [0.15, 0.2) is 0 Å². The molecule has 0 amide bonds.